The molecule has 0 fully saturated rings. The lowest BCUT2D eigenvalue weighted by Gasteiger charge is -2.08. The van der Waals surface area contributed by atoms with Gasteiger partial charge in [-0.1, -0.05) is 18.7 Å². The maximum absolute atomic E-state index is 11.8. The van der Waals surface area contributed by atoms with Crippen molar-refractivity contribution in [2.24, 2.45) is 0 Å². The fraction of sp³-hybridized carbons (Fsp3) is 0.385. The number of rotatable bonds is 6. The molecule has 0 spiro atoms. The molecule has 2 aromatic heterocycles. The second-order valence-corrected chi connectivity index (χ2v) is 5.56. The van der Waals surface area contributed by atoms with Gasteiger partial charge in [0.1, 0.15) is 0 Å². The Morgan fingerprint density at radius 2 is 2.20 bits per heavy atom. The van der Waals surface area contributed by atoms with Gasteiger partial charge in [-0.2, -0.15) is 0 Å². The number of H-pyrrole nitrogens is 1. The van der Waals surface area contributed by atoms with E-state index >= 15 is 0 Å². The van der Waals surface area contributed by atoms with Crippen LogP contribution in [0.3, 0.4) is 0 Å². The number of carbonyl (C=O) groups excluding carboxylic acids is 1. The highest BCUT2D eigenvalue weighted by molar-refractivity contribution is 8.00. The zero-order valence-corrected chi connectivity index (χ0v) is 12.3. The van der Waals surface area contributed by atoms with Crippen molar-refractivity contribution < 1.29 is 4.79 Å². The summed E-state index contributed by atoms with van der Waals surface area (Å²) in [5, 5.41) is 10.2. The number of thioether (sulfide) groups is 1. The number of amides is 1. The number of pyridine rings is 1. The average molecular weight is 291 g/mol. The zero-order valence-electron chi connectivity index (χ0n) is 11.5. The lowest BCUT2D eigenvalue weighted by atomic mass is 10.3. The zero-order chi connectivity index (χ0) is 14.4. The highest BCUT2D eigenvalue weighted by Gasteiger charge is 2.16. The maximum Gasteiger partial charge on any atom is 0.233 e. The predicted molar refractivity (Wildman–Crippen MR) is 78.2 cm³/mol. The minimum absolute atomic E-state index is 0.00658. The van der Waals surface area contributed by atoms with Gasteiger partial charge in [-0.15, -0.1) is 5.10 Å². The van der Waals surface area contributed by atoms with E-state index in [0.717, 1.165) is 12.0 Å². The van der Waals surface area contributed by atoms with Crippen LogP contribution in [0.4, 0.5) is 0 Å². The van der Waals surface area contributed by atoms with Crippen LogP contribution in [0.2, 0.25) is 0 Å². The molecular formula is C13H17N5OS. The van der Waals surface area contributed by atoms with Gasteiger partial charge in [-0.25, -0.2) is 4.98 Å². The third-order valence-corrected chi connectivity index (χ3v) is 3.58. The van der Waals surface area contributed by atoms with Gasteiger partial charge >= 0.3 is 0 Å². The van der Waals surface area contributed by atoms with Crippen LogP contribution in [-0.4, -0.2) is 37.9 Å². The number of aromatic amines is 1. The Hall–Kier alpha value is -1.89. The SMILES string of the molecule is CCCNC(=O)[C@H](C)Sc1n[nH]c(-c2ccncc2)n1. The van der Waals surface area contributed by atoms with E-state index < -0.39 is 0 Å². The van der Waals surface area contributed by atoms with E-state index in [1.54, 1.807) is 12.4 Å². The minimum atomic E-state index is -0.220. The molecule has 0 bridgehead atoms. The summed E-state index contributed by atoms with van der Waals surface area (Å²) in [6.45, 7) is 4.56. The summed E-state index contributed by atoms with van der Waals surface area (Å²) >= 11 is 1.34. The Labute approximate surface area is 121 Å². The standard InChI is InChI=1S/C13H17N5OS/c1-3-6-15-12(19)9(2)20-13-16-11(17-18-13)10-4-7-14-8-5-10/h4-5,7-9H,3,6H2,1-2H3,(H,15,19)(H,16,17,18)/t9-/m0/s1. The lowest BCUT2D eigenvalue weighted by Crippen LogP contribution is -2.31. The van der Waals surface area contributed by atoms with Crippen molar-refractivity contribution in [3.05, 3.63) is 24.5 Å². The Kier molecular flexibility index (Phi) is 5.11. The highest BCUT2D eigenvalue weighted by Crippen LogP contribution is 2.22. The van der Waals surface area contributed by atoms with E-state index in [0.29, 0.717) is 17.5 Å². The first-order chi connectivity index (χ1) is 9.70. The largest absolute Gasteiger partial charge is 0.355 e. The van der Waals surface area contributed by atoms with Gasteiger partial charge in [0.2, 0.25) is 11.1 Å². The molecule has 7 heteroatoms. The summed E-state index contributed by atoms with van der Waals surface area (Å²) < 4.78 is 0. The third kappa shape index (κ3) is 3.80. The first-order valence-electron chi connectivity index (χ1n) is 6.48. The molecule has 6 nitrogen and oxygen atoms in total. The summed E-state index contributed by atoms with van der Waals surface area (Å²) in [5.74, 6) is 0.683. The van der Waals surface area contributed by atoms with Crippen molar-refractivity contribution in [1.29, 1.82) is 0 Å². The van der Waals surface area contributed by atoms with Gasteiger partial charge in [0.15, 0.2) is 5.82 Å². The van der Waals surface area contributed by atoms with Crippen molar-refractivity contribution in [2.45, 2.75) is 30.7 Å². The first kappa shape index (κ1) is 14.5. The van der Waals surface area contributed by atoms with Crippen LogP contribution >= 0.6 is 11.8 Å². The Balaban J connectivity index is 1.98. The molecule has 106 valence electrons. The normalized spacial score (nSPS) is 12.1. The Morgan fingerprint density at radius 1 is 1.45 bits per heavy atom. The summed E-state index contributed by atoms with van der Waals surface area (Å²) in [6.07, 6.45) is 4.33. The van der Waals surface area contributed by atoms with Crippen molar-refractivity contribution in [2.75, 3.05) is 6.54 Å². The molecule has 0 aliphatic rings. The molecule has 20 heavy (non-hydrogen) atoms. The van der Waals surface area contributed by atoms with Crippen LogP contribution in [0.5, 0.6) is 0 Å². The van der Waals surface area contributed by atoms with Crippen LogP contribution in [0.25, 0.3) is 11.4 Å². The van der Waals surface area contributed by atoms with Gasteiger partial charge in [-0.05, 0) is 25.5 Å². The summed E-state index contributed by atoms with van der Waals surface area (Å²) in [6, 6.07) is 3.71. The first-order valence-corrected chi connectivity index (χ1v) is 7.36. The highest BCUT2D eigenvalue weighted by atomic mass is 32.2. The van der Waals surface area contributed by atoms with E-state index in [4.69, 9.17) is 0 Å². The van der Waals surface area contributed by atoms with E-state index in [-0.39, 0.29) is 11.2 Å². The van der Waals surface area contributed by atoms with Crippen LogP contribution in [0, 0.1) is 0 Å². The summed E-state index contributed by atoms with van der Waals surface area (Å²) in [4.78, 5) is 20.1. The monoisotopic (exact) mass is 291 g/mol. The maximum atomic E-state index is 11.8. The van der Waals surface area contributed by atoms with Gasteiger partial charge < -0.3 is 5.32 Å². The third-order valence-electron chi connectivity index (χ3n) is 2.62. The van der Waals surface area contributed by atoms with Crippen molar-refractivity contribution in [1.82, 2.24) is 25.5 Å². The van der Waals surface area contributed by atoms with Crippen LogP contribution in [0.15, 0.2) is 29.7 Å². The molecule has 0 unspecified atom stereocenters. The molecule has 0 aliphatic heterocycles. The van der Waals surface area contributed by atoms with E-state index in [9.17, 15) is 4.79 Å². The molecule has 0 radical (unpaired) electrons. The number of hydrogen-bond acceptors (Lipinski definition) is 5. The Morgan fingerprint density at radius 3 is 2.90 bits per heavy atom. The number of carbonyl (C=O) groups is 1. The quantitative estimate of drug-likeness (QED) is 0.794. The van der Waals surface area contributed by atoms with Gasteiger partial charge in [-0.3, -0.25) is 14.9 Å². The molecule has 0 aliphatic carbocycles. The fourth-order valence-electron chi connectivity index (χ4n) is 1.54. The molecule has 2 heterocycles. The number of aromatic nitrogens is 4. The predicted octanol–water partition coefficient (Wildman–Crippen LogP) is 1.87. The van der Waals surface area contributed by atoms with Gasteiger partial charge in [0.05, 0.1) is 5.25 Å². The summed E-state index contributed by atoms with van der Waals surface area (Å²) in [7, 11) is 0. The number of nitrogens with zero attached hydrogens (tertiary/aromatic N) is 3. The van der Waals surface area contributed by atoms with Crippen molar-refractivity contribution in [3.8, 4) is 11.4 Å². The van der Waals surface area contributed by atoms with Gasteiger partial charge in [0, 0.05) is 24.5 Å². The molecular weight excluding hydrogens is 274 g/mol. The minimum Gasteiger partial charge on any atom is -0.355 e. The van der Waals surface area contributed by atoms with Crippen molar-refractivity contribution in [3.63, 3.8) is 0 Å². The Bertz CT molecular complexity index is 557. The van der Waals surface area contributed by atoms with Crippen LogP contribution < -0.4 is 5.32 Å². The smallest absolute Gasteiger partial charge is 0.233 e. The summed E-state index contributed by atoms with van der Waals surface area (Å²) in [5.41, 5.74) is 0.919. The van der Waals surface area contributed by atoms with Crippen LogP contribution in [-0.2, 0) is 4.79 Å². The van der Waals surface area contributed by atoms with Gasteiger partial charge in [0.25, 0.3) is 0 Å². The molecule has 1 amide bonds. The second-order valence-electron chi connectivity index (χ2n) is 4.25. The van der Waals surface area contributed by atoms with E-state index in [1.165, 1.54) is 11.8 Å². The molecule has 2 rings (SSSR count). The second kappa shape index (κ2) is 7.04. The lowest BCUT2D eigenvalue weighted by molar-refractivity contribution is -0.120. The molecule has 2 aromatic rings. The number of hydrogen-bond donors (Lipinski definition) is 2. The van der Waals surface area contributed by atoms with Crippen LogP contribution in [0.1, 0.15) is 20.3 Å². The van der Waals surface area contributed by atoms with Crippen molar-refractivity contribution >= 4 is 17.7 Å². The molecule has 0 saturated heterocycles. The molecule has 1 atom stereocenters. The molecule has 2 N–H and O–H groups in total. The van der Waals surface area contributed by atoms with E-state index in [2.05, 4.69) is 25.5 Å². The average Bonchev–Trinajstić information content (AvgIpc) is 2.94. The number of nitrogens with one attached hydrogen (secondary N) is 2. The molecule has 0 saturated carbocycles. The molecule has 0 aromatic carbocycles. The topological polar surface area (TPSA) is 83.6 Å². The van der Waals surface area contributed by atoms with E-state index in [1.807, 2.05) is 26.0 Å². The fourth-order valence-corrected chi connectivity index (χ4v) is 2.29.